The van der Waals surface area contributed by atoms with Gasteiger partial charge in [-0.3, -0.25) is 9.59 Å². The van der Waals surface area contributed by atoms with Gasteiger partial charge in [0.05, 0.1) is 6.42 Å². The molecule has 0 radical (unpaired) electrons. The van der Waals surface area contributed by atoms with Crippen molar-refractivity contribution in [2.45, 2.75) is 13.3 Å². The zero-order chi connectivity index (χ0) is 15.4. The van der Waals surface area contributed by atoms with Crippen LogP contribution >= 0.6 is 27.3 Å². The molecule has 1 aromatic carbocycles. The molecule has 0 spiro atoms. The number of aryl methyl sites for hydroxylation is 1. The average molecular weight is 368 g/mol. The number of carboxylic acids is 1. The van der Waals surface area contributed by atoms with E-state index in [0.29, 0.717) is 10.6 Å². The van der Waals surface area contributed by atoms with Gasteiger partial charge in [-0.2, -0.15) is 0 Å². The smallest absolute Gasteiger partial charge is 0.305 e. The van der Waals surface area contributed by atoms with Crippen molar-refractivity contribution < 1.29 is 14.7 Å². The molecule has 1 aromatic heterocycles. The SMILES string of the molecule is Cc1ccc(N(CCC(=O)O)C(=O)c2sccc2Br)cc1. The van der Waals surface area contributed by atoms with Gasteiger partial charge in [-0.05, 0) is 46.4 Å². The molecule has 1 N–H and O–H groups in total. The number of benzene rings is 1. The number of carbonyl (C=O) groups is 2. The molecule has 0 aliphatic heterocycles. The van der Waals surface area contributed by atoms with Gasteiger partial charge in [0.25, 0.3) is 5.91 Å². The first-order valence-electron chi connectivity index (χ1n) is 6.32. The number of hydrogen-bond donors (Lipinski definition) is 1. The lowest BCUT2D eigenvalue weighted by Crippen LogP contribution is -2.32. The number of anilines is 1. The van der Waals surface area contributed by atoms with Gasteiger partial charge in [0.1, 0.15) is 4.88 Å². The Labute approximate surface area is 135 Å². The van der Waals surface area contributed by atoms with Crippen molar-refractivity contribution in [1.29, 1.82) is 0 Å². The topological polar surface area (TPSA) is 57.6 Å². The van der Waals surface area contributed by atoms with Gasteiger partial charge < -0.3 is 10.0 Å². The van der Waals surface area contributed by atoms with Gasteiger partial charge in [0, 0.05) is 16.7 Å². The number of nitrogens with zero attached hydrogens (tertiary/aromatic N) is 1. The number of thiophene rings is 1. The highest BCUT2D eigenvalue weighted by molar-refractivity contribution is 9.10. The normalized spacial score (nSPS) is 10.4. The first-order chi connectivity index (χ1) is 9.99. The summed E-state index contributed by atoms with van der Waals surface area (Å²) < 4.78 is 0.727. The van der Waals surface area contributed by atoms with E-state index in [1.54, 1.807) is 0 Å². The molecule has 21 heavy (non-hydrogen) atoms. The highest BCUT2D eigenvalue weighted by Gasteiger charge is 2.21. The maximum atomic E-state index is 12.6. The maximum absolute atomic E-state index is 12.6. The summed E-state index contributed by atoms with van der Waals surface area (Å²) in [6, 6.07) is 9.27. The van der Waals surface area contributed by atoms with Crippen LogP contribution in [0, 0.1) is 6.92 Å². The van der Waals surface area contributed by atoms with Gasteiger partial charge in [0.15, 0.2) is 0 Å². The van der Waals surface area contributed by atoms with E-state index in [9.17, 15) is 9.59 Å². The summed E-state index contributed by atoms with van der Waals surface area (Å²) in [6.07, 6.45) is -0.0946. The number of carboxylic acid groups (broad SMARTS) is 1. The van der Waals surface area contributed by atoms with Crippen LogP contribution in [0.3, 0.4) is 0 Å². The fourth-order valence-electron chi connectivity index (χ4n) is 1.85. The number of halogens is 1. The molecule has 110 valence electrons. The quantitative estimate of drug-likeness (QED) is 0.870. The van der Waals surface area contributed by atoms with Gasteiger partial charge in [-0.25, -0.2) is 0 Å². The third-order valence-corrected chi connectivity index (χ3v) is 4.78. The number of hydrogen-bond acceptors (Lipinski definition) is 3. The minimum absolute atomic E-state index is 0.0946. The van der Waals surface area contributed by atoms with E-state index < -0.39 is 5.97 Å². The molecule has 0 aliphatic carbocycles. The van der Waals surface area contributed by atoms with E-state index in [2.05, 4.69) is 15.9 Å². The summed E-state index contributed by atoms with van der Waals surface area (Å²) in [6.45, 7) is 2.10. The van der Waals surface area contributed by atoms with Crippen molar-refractivity contribution in [3.63, 3.8) is 0 Å². The standard InChI is InChI=1S/C15H14BrNO3S/c1-10-2-4-11(5-3-10)17(8-6-13(18)19)15(20)14-12(16)7-9-21-14/h2-5,7,9H,6,8H2,1H3,(H,18,19). The number of rotatable bonds is 5. The van der Waals surface area contributed by atoms with Crippen molar-refractivity contribution in [3.05, 3.63) is 50.6 Å². The summed E-state index contributed by atoms with van der Waals surface area (Å²) >= 11 is 4.68. The second-order valence-corrected chi connectivity index (χ2v) is 6.30. The summed E-state index contributed by atoms with van der Waals surface area (Å²) in [5.74, 6) is -1.12. The van der Waals surface area contributed by atoms with Gasteiger partial charge in [-0.1, -0.05) is 17.7 Å². The lowest BCUT2D eigenvalue weighted by Gasteiger charge is -2.22. The van der Waals surface area contributed by atoms with Crippen molar-refractivity contribution in [2.24, 2.45) is 0 Å². The van der Waals surface area contributed by atoms with Crippen LogP contribution in [0.1, 0.15) is 21.7 Å². The predicted molar refractivity (Wildman–Crippen MR) is 87.1 cm³/mol. The van der Waals surface area contributed by atoms with Crippen LogP contribution in [0.15, 0.2) is 40.2 Å². The van der Waals surface area contributed by atoms with Crippen molar-refractivity contribution >= 4 is 44.8 Å². The van der Waals surface area contributed by atoms with Crippen LogP contribution in [0.25, 0.3) is 0 Å². The molecule has 1 amide bonds. The van der Waals surface area contributed by atoms with Gasteiger partial charge in [-0.15, -0.1) is 11.3 Å². The Hall–Kier alpha value is -1.66. The maximum Gasteiger partial charge on any atom is 0.305 e. The van der Waals surface area contributed by atoms with Crippen molar-refractivity contribution in [3.8, 4) is 0 Å². The molecule has 0 unspecified atom stereocenters. The monoisotopic (exact) mass is 367 g/mol. The molecular weight excluding hydrogens is 354 g/mol. The molecule has 0 saturated carbocycles. The van der Waals surface area contributed by atoms with Gasteiger partial charge >= 0.3 is 5.97 Å². The third kappa shape index (κ3) is 3.92. The fraction of sp³-hybridized carbons (Fsp3) is 0.200. The second-order valence-electron chi connectivity index (χ2n) is 4.53. The summed E-state index contributed by atoms with van der Waals surface area (Å²) in [5, 5.41) is 10.7. The summed E-state index contributed by atoms with van der Waals surface area (Å²) in [5.41, 5.74) is 1.79. The van der Waals surface area contributed by atoms with Crippen LogP contribution in [0.2, 0.25) is 0 Å². The molecule has 0 bridgehead atoms. The Morgan fingerprint density at radius 3 is 2.43 bits per heavy atom. The Bertz CT molecular complexity index is 651. The summed E-state index contributed by atoms with van der Waals surface area (Å²) in [4.78, 5) is 25.5. The van der Waals surface area contributed by atoms with Gasteiger partial charge in [0.2, 0.25) is 0 Å². The number of aliphatic carboxylic acids is 1. The summed E-state index contributed by atoms with van der Waals surface area (Å²) in [7, 11) is 0. The molecule has 2 aromatic rings. The number of carbonyl (C=O) groups excluding carboxylic acids is 1. The highest BCUT2D eigenvalue weighted by Crippen LogP contribution is 2.27. The van der Waals surface area contributed by atoms with Crippen LogP contribution in [0.4, 0.5) is 5.69 Å². The Balaban J connectivity index is 2.31. The molecule has 1 heterocycles. The molecule has 4 nitrogen and oxygen atoms in total. The zero-order valence-electron chi connectivity index (χ0n) is 11.4. The van der Waals surface area contributed by atoms with Crippen LogP contribution in [-0.4, -0.2) is 23.5 Å². The van der Waals surface area contributed by atoms with E-state index in [-0.39, 0.29) is 18.9 Å². The number of amides is 1. The lowest BCUT2D eigenvalue weighted by molar-refractivity contribution is -0.136. The van der Waals surface area contributed by atoms with E-state index in [0.717, 1.165) is 10.0 Å². The Morgan fingerprint density at radius 1 is 1.24 bits per heavy atom. The Morgan fingerprint density at radius 2 is 1.90 bits per heavy atom. The van der Waals surface area contributed by atoms with Crippen molar-refractivity contribution in [2.75, 3.05) is 11.4 Å². The molecular formula is C15H14BrNO3S. The second kappa shape index (κ2) is 6.87. The molecule has 0 fully saturated rings. The van der Waals surface area contributed by atoms with Crippen molar-refractivity contribution in [1.82, 2.24) is 0 Å². The van der Waals surface area contributed by atoms with Crippen LogP contribution < -0.4 is 4.90 Å². The van der Waals surface area contributed by atoms with E-state index in [4.69, 9.17) is 5.11 Å². The first-order valence-corrected chi connectivity index (χ1v) is 7.99. The lowest BCUT2D eigenvalue weighted by atomic mass is 10.2. The molecule has 0 atom stereocenters. The fourth-order valence-corrected chi connectivity index (χ4v) is 3.34. The minimum Gasteiger partial charge on any atom is -0.481 e. The minimum atomic E-state index is -0.926. The Kier molecular flexibility index (Phi) is 5.14. The van der Waals surface area contributed by atoms with E-state index in [1.807, 2.05) is 42.6 Å². The average Bonchev–Trinajstić information content (AvgIpc) is 2.86. The molecule has 0 aliphatic rings. The first kappa shape index (κ1) is 15.7. The third-order valence-electron chi connectivity index (χ3n) is 2.95. The predicted octanol–water partition coefficient (Wildman–Crippen LogP) is 3.94. The van der Waals surface area contributed by atoms with Crippen LogP contribution in [0.5, 0.6) is 0 Å². The molecule has 2 rings (SSSR count). The zero-order valence-corrected chi connectivity index (χ0v) is 13.8. The molecule has 0 saturated heterocycles. The largest absolute Gasteiger partial charge is 0.481 e. The van der Waals surface area contributed by atoms with E-state index >= 15 is 0 Å². The highest BCUT2D eigenvalue weighted by atomic mass is 79.9. The molecule has 6 heteroatoms. The van der Waals surface area contributed by atoms with Crippen LogP contribution in [-0.2, 0) is 4.79 Å². The van der Waals surface area contributed by atoms with E-state index in [1.165, 1.54) is 16.2 Å².